The molecule has 6 rings (SSSR count). The van der Waals surface area contributed by atoms with Crippen LogP contribution >= 0.6 is 23.2 Å². The maximum atomic E-state index is 14.1. The van der Waals surface area contributed by atoms with E-state index in [1.807, 2.05) is 46.3 Å². The number of piperidine rings is 2. The Hall–Kier alpha value is -4.10. The van der Waals surface area contributed by atoms with Gasteiger partial charge >= 0.3 is 5.97 Å². The van der Waals surface area contributed by atoms with E-state index in [1.165, 1.54) is 21.3 Å². The zero-order chi connectivity index (χ0) is 37.8. The number of rotatable bonds is 12. The van der Waals surface area contributed by atoms with E-state index in [4.69, 9.17) is 37.4 Å². The number of pyridine rings is 1. The first kappa shape index (κ1) is 38.6. The Morgan fingerprint density at radius 2 is 1.58 bits per heavy atom. The Morgan fingerprint density at radius 1 is 0.887 bits per heavy atom. The van der Waals surface area contributed by atoms with Crippen LogP contribution < -0.4 is 19.6 Å². The number of nitrogens with zero attached hydrogens (tertiary/aromatic N) is 4. The second-order valence-corrected chi connectivity index (χ2v) is 15.0. The smallest absolute Gasteiger partial charge is 0.306 e. The summed E-state index contributed by atoms with van der Waals surface area (Å²) in [7, 11) is 4.58. The molecular weight excluding hydrogens is 721 g/mol. The highest BCUT2D eigenvalue weighted by Crippen LogP contribution is 2.43. The fourth-order valence-corrected chi connectivity index (χ4v) is 8.41. The maximum absolute atomic E-state index is 14.1. The average Bonchev–Trinajstić information content (AvgIpc) is 3.63. The highest BCUT2D eigenvalue weighted by molar-refractivity contribution is 6.42. The molecule has 284 valence electrons. The Kier molecular flexibility index (Phi) is 12.0. The Bertz CT molecular complexity index is 1770. The van der Waals surface area contributed by atoms with E-state index in [2.05, 4.69) is 15.3 Å². The lowest BCUT2D eigenvalue weighted by atomic mass is 9.73. The summed E-state index contributed by atoms with van der Waals surface area (Å²) < 4.78 is 16.5. The molecule has 2 aromatic carbocycles. The first-order valence-electron chi connectivity index (χ1n) is 18.0. The number of amides is 2. The quantitative estimate of drug-likeness (QED) is 0.245. The second kappa shape index (κ2) is 16.5. The van der Waals surface area contributed by atoms with Gasteiger partial charge in [-0.1, -0.05) is 35.3 Å². The zero-order valence-electron chi connectivity index (χ0n) is 30.4. The highest BCUT2D eigenvalue weighted by atomic mass is 35.5. The number of benzene rings is 2. The number of halogens is 2. The van der Waals surface area contributed by atoms with Gasteiger partial charge in [-0.25, -0.2) is 5.01 Å². The van der Waals surface area contributed by atoms with Crippen molar-refractivity contribution in [2.45, 2.75) is 49.4 Å². The van der Waals surface area contributed by atoms with E-state index < -0.39 is 11.4 Å². The molecule has 12 nitrogen and oxygen atoms in total. The third-order valence-corrected chi connectivity index (χ3v) is 12.1. The molecule has 2 N–H and O–H groups in total. The highest BCUT2D eigenvalue weighted by Gasteiger charge is 2.46. The summed E-state index contributed by atoms with van der Waals surface area (Å²) in [4.78, 5) is 48.5. The van der Waals surface area contributed by atoms with Gasteiger partial charge in [-0.15, -0.1) is 0 Å². The summed E-state index contributed by atoms with van der Waals surface area (Å²) in [5.41, 5.74) is 4.12. The van der Waals surface area contributed by atoms with Crippen molar-refractivity contribution >= 4 is 41.0 Å². The summed E-state index contributed by atoms with van der Waals surface area (Å²) in [6.07, 6.45) is 5.35. The minimum Gasteiger partial charge on any atom is -0.493 e. The SMILES string of the molecule is COc1cc(C(=O)N2CCC(CCN3CCC(C(=O)NN4CCC(C(=O)O)CC4)(c4ccccn4)CC3)(c3ccc(Cl)c(Cl)c3)C2)cc(OC)c1OC. The molecule has 0 aliphatic carbocycles. The van der Waals surface area contributed by atoms with Gasteiger partial charge in [0, 0.05) is 43.4 Å². The van der Waals surface area contributed by atoms with Crippen LogP contribution in [0.5, 0.6) is 17.2 Å². The summed E-state index contributed by atoms with van der Waals surface area (Å²) >= 11 is 12.9. The number of nitrogens with one attached hydrogen (secondary N) is 1. The van der Waals surface area contributed by atoms with Crippen molar-refractivity contribution in [3.05, 3.63) is 81.6 Å². The number of hydrogen-bond donors (Lipinski definition) is 2. The molecule has 0 bridgehead atoms. The van der Waals surface area contributed by atoms with Crippen LogP contribution in [0.3, 0.4) is 0 Å². The van der Waals surface area contributed by atoms with Crippen molar-refractivity contribution < 1.29 is 33.7 Å². The molecule has 0 radical (unpaired) electrons. The molecule has 53 heavy (non-hydrogen) atoms. The number of aromatic nitrogens is 1. The number of carbonyl (C=O) groups is 3. The van der Waals surface area contributed by atoms with Crippen molar-refractivity contribution in [2.24, 2.45) is 5.92 Å². The molecule has 3 aliphatic rings. The standard InChI is InChI=1S/C39H47Cl2N5O7/c1-51-31-22-27(23-32(52-2)34(31)53-3)35(47)45-21-12-38(25-45,28-7-8-29(40)30(41)24-28)11-18-44-19-13-39(14-20-44,33-6-4-5-15-42-33)37(50)43-46-16-9-26(10-17-46)36(48)49/h4-8,15,22-24,26H,9-14,16-21,25H2,1-3H3,(H,43,50)(H,48,49). The second-order valence-electron chi connectivity index (χ2n) is 14.2. The van der Waals surface area contributed by atoms with Crippen LogP contribution in [0.2, 0.25) is 10.0 Å². The van der Waals surface area contributed by atoms with Gasteiger partial charge in [-0.3, -0.25) is 24.8 Å². The molecule has 2 amide bonds. The van der Waals surface area contributed by atoms with Crippen LogP contribution in [-0.4, -0.2) is 110 Å². The summed E-state index contributed by atoms with van der Waals surface area (Å²) in [6.45, 7) is 4.10. The van der Waals surface area contributed by atoms with Crippen LogP contribution in [-0.2, 0) is 20.4 Å². The molecule has 0 saturated carbocycles. The predicted molar refractivity (Wildman–Crippen MR) is 201 cm³/mol. The number of ether oxygens (including phenoxy) is 3. The van der Waals surface area contributed by atoms with Crippen molar-refractivity contribution in [1.29, 1.82) is 0 Å². The number of hydrazine groups is 1. The molecule has 1 atom stereocenters. The van der Waals surface area contributed by atoms with Gasteiger partial charge in [-0.05, 0) is 100 Å². The summed E-state index contributed by atoms with van der Waals surface area (Å²) in [5, 5.41) is 12.2. The number of carbonyl (C=O) groups excluding carboxylic acids is 2. The van der Waals surface area contributed by atoms with Crippen molar-refractivity contribution in [3.63, 3.8) is 0 Å². The molecule has 4 heterocycles. The predicted octanol–water partition coefficient (Wildman–Crippen LogP) is 5.45. The Morgan fingerprint density at radius 3 is 2.17 bits per heavy atom. The molecule has 0 spiro atoms. The van der Waals surface area contributed by atoms with Gasteiger partial charge in [0.1, 0.15) is 0 Å². The molecule has 1 unspecified atom stereocenters. The van der Waals surface area contributed by atoms with E-state index in [-0.39, 0.29) is 23.1 Å². The zero-order valence-corrected chi connectivity index (χ0v) is 31.9. The first-order chi connectivity index (χ1) is 25.5. The molecule has 3 saturated heterocycles. The van der Waals surface area contributed by atoms with Crippen LogP contribution in [0.15, 0.2) is 54.7 Å². The molecule has 3 aromatic rings. The molecular formula is C39H47Cl2N5O7. The topological polar surface area (TPSA) is 134 Å². The number of hydrogen-bond acceptors (Lipinski definition) is 9. The maximum Gasteiger partial charge on any atom is 0.306 e. The number of likely N-dealkylation sites (tertiary alicyclic amines) is 2. The van der Waals surface area contributed by atoms with Crippen LogP contribution in [0.25, 0.3) is 0 Å². The van der Waals surface area contributed by atoms with E-state index in [9.17, 15) is 19.5 Å². The van der Waals surface area contributed by atoms with Gasteiger partial charge in [0.25, 0.3) is 5.91 Å². The lowest BCUT2D eigenvalue weighted by Gasteiger charge is -2.42. The van der Waals surface area contributed by atoms with Gasteiger partial charge < -0.3 is 29.1 Å². The average molecular weight is 769 g/mol. The van der Waals surface area contributed by atoms with Crippen LogP contribution in [0.4, 0.5) is 0 Å². The van der Waals surface area contributed by atoms with Crippen molar-refractivity contribution in [3.8, 4) is 17.2 Å². The fourth-order valence-electron chi connectivity index (χ4n) is 8.11. The van der Waals surface area contributed by atoms with Crippen molar-refractivity contribution in [1.82, 2.24) is 25.2 Å². The third-order valence-electron chi connectivity index (χ3n) is 11.4. The van der Waals surface area contributed by atoms with E-state index in [0.29, 0.717) is 97.8 Å². The van der Waals surface area contributed by atoms with Gasteiger partial charge in [-0.2, -0.15) is 0 Å². The van der Waals surface area contributed by atoms with Gasteiger partial charge in [0.15, 0.2) is 11.5 Å². The van der Waals surface area contributed by atoms with Crippen molar-refractivity contribution in [2.75, 3.05) is 67.1 Å². The Labute approximate surface area is 320 Å². The normalized spacial score (nSPS) is 20.9. The third kappa shape index (κ3) is 8.06. The summed E-state index contributed by atoms with van der Waals surface area (Å²) in [5.74, 6) is -0.171. The largest absolute Gasteiger partial charge is 0.493 e. The Balaban J connectivity index is 1.18. The molecule has 14 heteroatoms. The number of aliphatic carboxylic acids is 1. The molecule has 3 aliphatic heterocycles. The number of methoxy groups -OCH3 is 3. The molecule has 3 fully saturated rings. The minimum atomic E-state index is -0.820. The van der Waals surface area contributed by atoms with E-state index >= 15 is 0 Å². The summed E-state index contributed by atoms with van der Waals surface area (Å²) in [6, 6.07) is 14.8. The van der Waals surface area contributed by atoms with Gasteiger partial charge in [0.2, 0.25) is 11.7 Å². The fraction of sp³-hybridized carbons (Fsp3) is 0.487. The lowest BCUT2D eigenvalue weighted by molar-refractivity contribution is -0.144. The first-order valence-corrected chi connectivity index (χ1v) is 18.8. The van der Waals surface area contributed by atoms with Gasteiger partial charge in [0.05, 0.1) is 48.4 Å². The van der Waals surface area contributed by atoms with Crippen LogP contribution in [0, 0.1) is 5.92 Å². The lowest BCUT2D eigenvalue weighted by Crippen LogP contribution is -2.57. The number of carboxylic acids is 1. The minimum absolute atomic E-state index is 0.103. The number of carboxylic acid groups (broad SMARTS) is 1. The van der Waals surface area contributed by atoms with E-state index in [0.717, 1.165) is 30.6 Å². The van der Waals surface area contributed by atoms with Crippen LogP contribution in [0.1, 0.15) is 60.1 Å². The monoisotopic (exact) mass is 767 g/mol. The molecule has 1 aromatic heterocycles. The van der Waals surface area contributed by atoms with E-state index in [1.54, 1.807) is 18.3 Å².